The number of urea groups is 1. The zero-order valence-corrected chi connectivity index (χ0v) is 18.5. The summed E-state index contributed by atoms with van der Waals surface area (Å²) in [4.78, 5) is 16.9. The van der Waals surface area contributed by atoms with E-state index in [1.807, 2.05) is 51.1 Å². The van der Waals surface area contributed by atoms with Crippen LogP contribution in [0.4, 0.5) is 16.2 Å². The quantitative estimate of drug-likeness (QED) is 0.671. The smallest absolute Gasteiger partial charge is 0.332 e. The monoisotopic (exact) mass is 433 g/mol. The van der Waals surface area contributed by atoms with Gasteiger partial charge in [-0.3, -0.25) is 9.80 Å². The van der Waals surface area contributed by atoms with E-state index in [0.717, 1.165) is 5.56 Å². The Kier molecular flexibility index (Phi) is 5.17. The molecule has 158 valence electrons. The van der Waals surface area contributed by atoms with Crippen molar-refractivity contribution in [1.82, 2.24) is 0 Å². The number of aliphatic hydroxyl groups is 1. The number of carbonyl (C=O) groups is 1. The number of hydrogen-bond donors (Lipinski definition) is 1. The number of rotatable bonds is 3. The van der Waals surface area contributed by atoms with Crippen LogP contribution < -0.4 is 9.80 Å². The van der Waals surface area contributed by atoms with E-state index in [2.05, 4.69) is 6.07 Å². The van der Waals surface area contributed by atoms with Crippen LogP contribution in [0.3, 0.4) is 0 Å². The fraction of sp³-hybridized carbons (Fsp3) is 0.280. The molecule has 0 aromatic heterocycles. The predicted octanol–water partition coefficient (Wildman–Crippen LogP) is 5.73. The molecule has 1 unspecified atom stereocenters. The summed E-state index contributed by atoms with van der Waals surface area (Å²) in [5.41, 5.74) is 0.672. The lowest BCUT2D eigenvalue weighted by Gasteiger charge is -2.44. The normalized spacial score (nSPS) is 22.8. The molecule has 2 aromatic rings. The van der Waals surface area contributed by atoms with Crippen LogP contribution >= 0.6 is 11.6 Å². The van der Waals surface area contributed by atoms with Gasteiger partial charge in [-0.15, -0.1) is 0 Å². The van der Waals surface area contributed by atoms with Crippen molar-refractivity contribution in [3.05, 3.63) is 82.4 Å². The van der Waals surface area contributed by atoms with Crippen LogP contribution in [0.1, 0.15) is 32.3 Å². The minimum atomic E-state index is -1.70. The summed E-state index contributed by atoms with van der Waals surface area (Å²) < 4.78 is 0. The van der Waals surface area contributed by atoms with Gasteiger partial charge in [0.2, 0.25) is 0 Å². The Morgan fingerprint density at radius 3 is 2.23 bits per heavy atom. The molecule has 1 aliphatic carbocycles. The van der Waals surface area contributed by atoms with E-state index in [9.17, 15) is 15.2 Å². The molecular weight excluding hydrogens is 410 g/mol. The van der Waals surface area contributed by atoms with Crippen LogP contribution in [0.5, 0.6) is 0 Å². The summed E-state index contributed by atoms with van der Waals surface area (Å²) in [6.07, 6.45) is 4.87. The van der Waals surface area contributed by atoms with Crippen molar-refractivity contribution in [2.45, 2.75) is 44.9 Å². The van der Waals surface area contributed by atoms with E-state index < -0.39 is 11.3 Å². The van der Waals surface area contributed by atoms with Crippen molar-refractivity contribution in [3.8, 4) is 6.07 Å². The molecule has 0 saturated carbocycles. The van der Waals surface area contributed by atoms with Gasteiger partial charge in [0.25, 0.3) is 0 Å². The minimum Gasteiger partial charge on any atom is -0.365 e. The van der Waals surface area contributed by atoms with Crippen molar-refractivity contribution in [2.75, 3.05) is 9.80 Å². The van der Waals surface area contributed by atoms with Gasteiger partial charge in [0.1, 0.15) is 0 Å². The van der Waals surface area contributed by atoms with E-state index in [-0.39, 0.29) is 6.03 Å². The van der Waals surface area contributed by atoms with Gasteiger partial charge in [-0.2, -0.15) is 5.26 Å². The second-order valence-corrected chi connectivity index (χ2v) is 8.91. The molecule has 2 aromatic carbocycles. The van der Waals surface area contributed by atoms with Crippen LogP contribution in [0.15, 0.2) is 71.8 Å². The Morgan fingerprint density at radius 2 is 1.61 bits per heavy atom. The minimum absolute atomic E-state index is 0.350. The van der Waals surface area contributed by atoms with E-state index in [1.54, 1.807) is 35.2 Å². The molecule has 2 aliphatic rings. The number of nitriles is 1. The van der Waals surface area contributed by atoms with Crippen molar-refractivity contribution >= 4 is 29.0 Å². The average Bonchev–Trinajstić information content (AvgIpc) is 2.92. The van der Waals surface area contributed by atoms with Crippen molar-refractivity contribution < 1.29 is 9.90 Å². The Labute approximate surface area is 187 Å². The molecule has 4 rings (SSSR count). The molecule has 0 radical (unpaired) electrons. The predicted molar refractivity (Wildman–Crippen MR) is 123 cm³/mol. The molecule has 0 spiro atoms. The van der Waals surface area contributed by atoms with Gasteiger partial charge in [0.15, 0.2) is 5.72 Å². The molecule has 1 N–H and O–H groups in total. The summed E-state index contributed by atoms with van der Waals surface area (Å²) in [5.74, 6) is 0. The number of nitrogens with zero attached hydrogens (tertiary/aromatic N) is 3. The first kappa shape index (κ1) is 21.2. The van der Waals surface area contributed by atoms with E-state index >= 15 is 0 Å². The van der Waals surface area contributed by atoms with Gasteiger partial charge in [0.05, 0.1) is 11.6 Å². The number of allylic oxidation sites excluding steroid dienone is 2. The lowest BCUT2D eigenvalue weighted by molar-refractivity contribution is 0.0407. The van der Waals surface area contributed by atoms with Gasteiger partial charge < -0.3 is 5.11 Å². The molecule has 1 fully saturated rings. The summed E-state index contributed by atoms with van der Waals surface area (Å²) in [6, 6.07) is 16.3. The van der Waals surface area contributed by atoms with Crippen LogP contribution in [0, 0.1) is 18.3 Å². The molecule has 5 nitrogen and oxygen atoms in total. The Hall–Kier alpha value is -3.07. The van der Waals surface area contributed by atoms with Crippen LogP contribution in [-0.2, 0) is 0 Å². The third-order valence-electron chi connectivity index (χ3n) is 6.15. The highest BCUT2D eigenvalue weighted by Gasteiger charge is 2.64. The highest BCUT2D eigenvalue weighted by atomic mass is 35.5. The van der Waals surface area contributed by atoms with Gasteiger partial charge in [0, 0.05) is 27.5 Å². The SMILES string of the molecule is Cc1ccc(N2C(=O)N(c3ccc(Cl)cc3)C(O)(C3=CCCC(C#N)=C3)C2(C)C)cc1. The fourth-order valence-corrected chi connectivity index (χ4v) is 4.56. The topological polar surface area (TPSA) is 67.6 Å². The zero-order chi connectivity index (χ0) is 22.4. The number of anilines is 2. The third kappa shape index (κ3) is 3.23. The van der Waals surface area contributed by atoms with Gasteiger partial charge in [-0.05, 0) is 76.1 Å². The summed E-state index contributed by atoms with van der Waals surface area (Å²) in [7, 11) is 0. The molecule has 2 amide bonds. The molecule has 1 heterocycles. The standard InChI is InChI=1S/C25H24ClN3O2/c1-17-7-11-21(12-8-17)28-23(30)29(22-13-9-20(26)10-14-22)25(31,24(28,2)3)19-6-4-5-18(15-19)16-27/h6-15,31H,4-5H2,1-3H3. The summed E-state index contributed by atoms with van der Waals surface area (Å²) in [5, 5.41) is 22.3. The number of carbonyl (C=O) groups excluding carboxylic acids is 1. The lowest BCUT2D eigenvalue weighted by atomic mass is 9.80. The first-order valence-electron chi connectivity index (χ1n) is 10.2. The molecule has 6 heteroatoms. The molecular formula is C25H24ClN3O2. The van der Waals surface area contributed by atoms with E-state index in [0.29, 0.717) is 40.4 Å². The van der Waals surface area contributed by atoms with Crippen molar-refractivity contribution in [3.63, 3.8) is 0 Å². The van der Waals surface area contributed by atoms with Crippen LogP contribution in [0.2, 0.25) is 5.02 Å². The Bertz CT molecular complexity index is 1130. The molecule has 0 bridgehead atoms. The summed E-state index contributed by atoms with van der Waals surface area (Å²) in [6.45, 7) is 5.67. The number of hydrogen-bond acceptors (Lipinski definition) is 3. The van der Waals surface area contributed by atoms with Gasteiger partial charge in [-0.1, -0.05) is 35.4 Å². The Balaban J connectivity index is 1.94. The summed E-state index contributed by atoms with van der Waals surface area (Å²) >= 11 is 6.07. The highest BCUT2D eigenvalue weighted by Crippen LogP contribution is 2.49. The molecule has 31 heavy (non-hydrogen) atoms. The average molecular weight is 434 g/mol. The van der Waals surface area contributed by atoms with E-state index in [4.69, 9.17) is 11.6 Å². The maximum atomic E-state index is 13.8. The molecule has 1 saturated heterocycles. The molecule has 1 aliphatic heterocycles. The number of aryl methyl sites for hydroxylation is 1. The number of amides is 2. The van der Waals surface area contributed by atoms with Gasteiger partial charge >= 0.3 is 6.03 Å². The first-order chi connectivity index (χ1) is 14.7. The van der Waals surface area contributed by atoms with Crippen molar-refractivity contribution in [1.29, 1.82) is 5.26 Å². The number of halogens is 1. The second-order valence-electron chi connectivity index (χ2n) is 8.48. The first-order valence-corrected chi connectivity index (χ1v) is 10.6. The fourth-order valence-electron chi connectivity index (χ4n) is 4.44. The highest BCUT2D eigenvalue weighted by molar-refractivity contribution is 6.30. The zero-order valence-electron chi connectivity index (χ0n) is 17.8. The second kappa shape index (κ2) is 7.56. The van der Waals surface area contributed by atoms with E-state index in [1.165, 1.54) is 4.90 Å². The maximum absolute atomic E-state index is 13.8. The van der Waals surface area contributed by atoms with Crippen LogP contribution in [0.25, 0.3) is 0 Å². The lowest BCUT2D eigenvalue weighted by Crippen LogP contribution is -2.60. The largest absolute Gasteiger partial charge is 0.365 e. The van der Waals surface area contributed by atoms with Crippen LogP contribution in [-0.4, -0.2) is 22.4 Å². The Morgan fingerprint density at radius 1 is 1.03 bits per heavy atom. The molecule has 1 atom stereocenters. The maximum Gasteiger partial charge on any atom is 0.332 e. The third-order valence-corrected chi connectivity index (χ3v) is 6.40. The number of benzene rings is 2. The van der Waals surface area contributed by atoms with Crippen molar-refractivity contribution in [2.24, 2.45) is 0 Å². The van der Waals surface area contributed by atoms with Gasteiger partial charge in [-0.25, -0.2) is 4.79 Å².